The van der Waals surface area contributed by atoms with E-state index in [-0.39, 0.29) is 17.3 Å². The monoisotopic (exact) mass is 392 g/mol. The van der Waals surface area contributed by atoms with Crippen molar-refractivity contribution in [3.63, 3.8) is 0 Å². The summed E-state index contributed by atoms with van der Waals surface area (Å²) in [5, 5.41) is 2.91. The van der Waals surface area contributed by atoms with Gasteiger partial charge in [0.2, 0.25) is 6.20 Å². The summed E-state index contributed by atoms with van der Waals surface area (Å²) in [7, 11) is 1.76. The third-order valence-electron chi connectivity index (χ3n) is 5.29. The van der Waals surface area contributed by atoms with Crippen LogP contribution < -0.4 is 15.6 Å². The first kappa shape index (κ1) is 19.1. The Balaban J connectivity index is 1.51. The number of carbonyl (C=O) groups excluding carboxylic acids is 1. The lowest BCUT2D eigenvalue weighted by molar-refractivity contribution is -0.672. The van der Waals surface area contributed by atoms with Gasteiger partial charge in [0.1, 0.15) is 7.05 Å². The van der Waals surface area contributed by atoms with Crippen LogP contribution >= 0.6 is 0 Å². The second-order valence-corrected chi connectivity index (χ2v) is 7.67. The minimum Gasteiger partial charge on any atom is -0.350 e. The number of benzene rings is 1. The second kappa shape index (κ2) is 7.67. The highest BCUT2D eigenvalue weighted by molar-refractivity contribution is 5.94. The molecule has 1 saturated carbocycles. The number of aryl methyl sites for hydroxylation is 1. The lowest BCUT2D eigenvalue weighted by Gasteiger charge is -2.38. The van der Waals surface area contributed by atoms with Gasteiger partial charge in [-0.3, -0.25) is 9.78 Å². The van der Waals surface area contributed by atoms with Crippen molar-refractivity contribution in [1.82, 2.24) is 15.3 Å². The Bertz CT molecular complexity index is 1030. The molecule has 1 aromatic carbocycles. The molecule has 0 atom stereocenters. The van der Waals surface area contributed by atoms with Crippen molar-refractivity contribution in [3.8, 4) is 22.5 Å². The smallest absolute Gasteiger partial charge is 0.251 e. The van der Waals surface area contributed by atoms with Crippen molar-refractivity contribution in [2.75, 3.05) is 6.54 Å². The Kier molecular flexibility index (Phi) is 5.07. The number of nitrogens with one attached hydrogen (secondary N) is 1. The zero-order chi connectivity index (χ0) is 20.4. The van der Waals surface area contributed by atoms with Crippen LogP contribution in [0.4, 0.5) is 4.39 Å². The number of nitrogens with two attached hydrogens (primary N) is 1. The number of hydrogen-bond acceptors (Lipinski definition) is 4. The van der Waals surface area contributed by atoms with Gasteiger partial charge in [-0.1, -0.05) is 12.1 Å². The number of hydrogen-bond donors (Lipinski definition) is 2. The predicted molar refractivity (Wildman–Crippen MR) is 107 cm³/mol. The van der Waals surface area contributed by atoms with Crippen LogP contribution in [0, 0.1) is 5.82 Å². The van der Waals surface area contributed by atoms with Gasteiger partial charge >= 0.3 is 0 Å². The molecule has 4 rings (SSSR count). The average molecular weight is 392 g/mol. The van der Waals surface area contributed by atoms with Crippen LogP contribution in [-0.4, -0.2) is 28.0 Å². The van der Waals surface area contributed by atoms with Crippen molar-refractivity contribution in [1.29, 1.82) is 0 Å². The van der Waals surface area contributed by atoms with E-state index in [1.165, 1.54) is 12.3 Å². The van der Waals surface area contributed by atoms with Gasteiger partial charge in [-0.15, -0.1) is 0 Å². The van der Waals surface area contributed by atoms with Crippen LogP contribution in [0.3, 0.4) is 0 Å². The van der Waals surface area contributed by atoms with E-state index in [0.29, 0.717) is 29.1 Å². The van der Waals surface area contributed by atoms with Crippen LogP contribution in [0.25, 0.3) is 22.5 Å². The van der Waals surface area contributed by atoms with Gasteiger partial charge in [-0.2, -0.15) is 0 Å². The van der Waals surface area contributed by atoms with Gasteiger partial charge in [0, 0.05) is 23.2 Å². The fraction of sp³-hybridized carbons (Fsp3) is 0.273. The maximum atomic E-state index is 13.7. The summed E-state index contributed by atoms with van der Waals surface area (Å²) in [6.07, 6.45) is 9.44. The molecule has 3 N–H and O–H groups in total. The van der Waals surface area contributed by atoms with Crippen LogP contribution in [0.1, 0.15) is 29.6 Å². The highest BCUT2D eigenvalue weighted by atomic mass is 19.1. The van der Waals surface area contributed by atoms with E-state index < -0.39 is 0 Å². The molecule has 1 amide bonds. The molecule has 0 bridgehead atoms. The average Bonchev–Trinajstić information content (AvgIpc) is 2.70. The predicted octanol–water partition coefficient (Wildman–Crippen LogP) is 2.39. The standard InChI is InChI=1S/C22H22FN5O/c1-28-12-17(9-18(23)13-28)20-11-25-10-19(27-20)15-3-5-16(6-4-15)21(29)26-14-22(24)7-2-8-22/h3-6,9-13H,2,7-8,14,24H2,1H3/p+1. The lowest BCUT2D eigenvalue weighted by Crippen LogP contribution is -2.54. The number of nitrogens with zero attached hydrogens (tertiary/aromatic N) is 3. The second-order valence-electron chi connectivity index (χ2n) is 7.67. The van der Waals surface area contributed by atoms with Gasteiger partial charge in [-0.25, -0.2) is 13.9 Å². The maximum Gasteiger partial charge on any atom is 0.251 e. The number of carbonyl (C=O) groups is 1. The summed E-state index contributed by atoms with van der Waals surface area (Å²) in [4.78, 5) is 21.2. The third kappa shape index (κ3) is 4.30. The number of rotatable bonds is 5. The van der Waals surface area contributed by atoms with Gasteiger partial charge in [0.05, 0.1) is 29.3 Å². The molecule has 7 heteroatoms. The molecule has 1 aliphatic carbocycles. The molecule has 0 unspecified atom stereocenters. The number of halogens is 1. The molecule has 2 aromatic heterocycles. The Labute approximate surface area is 168 Å². The van der Waals surface area contributed by atoms with Gasteiger partial charge in [0.25, 0.3) is 5.91 Å². The summed E-state index contributed by atoms with van der Waals surface area (Å²) in [6.45, 7) is 0.492. The van der Waals surface area contributed by atoms with Gasteiger partial charge in [0.15, 0.2) is 12.0 Å². The van der Waals surface area contributed by atoms with Crippen molar-refractivity contribution < 1.29 is 13.8 Å². The highest BCUT2D eigenvalue weighted by Crippen LogP contribution is 2.28. The molecule has 0 radical (unpaired) electrons. The molecule has 2 heterocycles. The molecule has 6 nitrogen and oxygen atoms in total. The number of aromatic nitrogens is 3. The first-order chi connectivity index (χ1) is 13.9. The van der Waals surface area contributed by atoms with Crippen LogP contribution in [0.2, 0.25) is 0 Å². The maximum absolute atomic E-state index is 13.7. The molecular formula is C22H23FN5O+. The fourth-order valence-electron chi connectivity index (χ4n) is 3.42. The molecular weight excluding hydrogens is 369 g/mol. The van der Waals surface area contributed by atoms with E-state index >= 15 is 0 Å². The Morgan fingerprint density at radius 2 is 1.86 bits per heavy atom. The van der Waals surface area contributed by atoms with E-state index in [1.807, 2.05) is 12.1 Å². The van der Waals surface area contributed by atoms with Crippen molar-refractivity contribution >= 4 is 5.91 Å². The molecule has 1 fully saturated rings. The Morgan fingerprint density at radius 1 is 1.17 bits per heavy atom. The van der Waals surface area contributed by atoms with E-state index in [9.17, 15) is 9.18 Å². The summed E-state index contributed by atoms with van der Waals surface area (Å²) >= 11 is 0. The summed E-state index contributed by atoms with van der Waals surface area (Å²) < 4.78 is 15.3. The summed E-state index contributed by atoms with van der Waals surface area (Å²) in [5.74, 6) is -0.478. The topological polar surface area (TPSA) is 84.8 Å². The quantitative estimate of drug-likeness (QED) is 0.653. The van der Waals surface area contributed by atoms with Crippen LogP contribution in [0.15, 0.2) is 55.1 Å². The Hall–Kier alpha value is -3.19. The summed E-state index contributed by atoms with van der Waals surface area (Å²) in [6, 6.07) is 8.59. The number of pyridine rings is 1. The minimum atomic E-state index is -0.339. The molecule has 3 aromatic rings. The molecule has 0 spiro atoms. The molecule has 1 aliphatic rings. The van der Waals surface area contributed by atoms with Gasteiger partial charge in [-0.05, 0) is 37.5 Å². The van der Waals surface area contributed by atoms with Crippen molar-refractivity contribution in [2.45, 2.75) is 24.8 Å². The molecule has 0 saturated heterocycles. The Morgan fingerprint density at radius 3 is 2.48 bits per heavy atom. The third-order valence-corrected chi connectivity index (χ3v) is 5.29. The van der Waals surface area contributed by atoms with Crippen molar-refractivity contribution in [3.05, 3.63) is 66.5 Å². The molecule has 148 valence electrons. The highest BCUT2D eigenvalue weighted by Gasteiger charge is 2.32. The SMILES string of the molecule is C[n+]1cc(F)cc(-c2cncc(-c3ccc(C(=O)NCC4(N)CCC4)cc3)n2)c1. The van der Waals surface area contributed by atoms with E-state index in [1.54, 1.807) is 42.3 Å². The lowest BCUT2D eigenvalue weighted by atomic mass is 9.78. The van der Waals surface area contributed by atoms with Crippen molar-refractivity contribution in [2.24, 2.45) is 12.8 Å². The minimum absolute atomic E-state index is 0.139. The van der Waals surface area contributed by atoms with E-state index in [0.717, 1.165) is 24.8 Å². The molecule has 0 aliphatic heterocycles. The first-order valence-electron chi connectivity index (χ1n) is 9.58. The van der Waals surface area contributed by atoms with E-state index in [2.05, 4.69) is 15.3 Å². The van der Waals surface area contributed by atoms with Crippen LogP contribution in [0.5, 0.6) is 0 Å². The zero-order valence-electron chi connectivity index (χ0n) is 16.2. The number of amides is 1. The van der Waals surface area contributed by atoms with Gasteiger partial charge < -0.3 is 11.1 Å². The first-order valence-corrected chi connectivity index (χ1v) is 9.58. The fourth-order valence-corrected chi connectivity index (χ4v) is 3.42. The normalized spacial score (nSPS) is 14.9. The van der Waals surface area contributed by atoms with E-state index in [4.69, 9.17) is 5.73 Å². The van der Waals surface area contributed by atoms with Crippen LogP contribution in [-0.2, 0) is 7.05 Å². The molecule has 29 heavy (non-hydrogen) atoms. The largest absolute Gasteiger partial charge is 0.350 e. The zero-order valence-corrected chi connectivity index (χ0v) is 16.2. The summed E-state index contributed by atoms with van der Waals surface area (Å²) in [5.41, 5.74) is 9.17.